The van der Waals surface area contributed by atoms with Gasteiger partial charge >= 0.3 is 0 Å². The largest absolute Gasteiger partial charge is 0.343 e. The molecule has 1 aliphatic carbocycles. The summed E-state index contributed by atoms with van der Waals surface area (Å²) >= 11 is 0. The molecule has 3 aromatic carbocycles. The van der Waals surface area contributed by atoms with Crippen molar-refractivity contribution in [3.8, 4) is 0 Å². The molecule has 0 radical (unpaired) electrons. The number of carbonyl (C=O) groups is 1. The van der Waals surface area contributed by atoms with Crippen molar-refractivity contribution in [3.05, 3.63) is 93.1 Å². The molecule has 0 saturated carbocycles. The topological polar surface area (TPSA) is 39.1 Å². The van der Waals surface area contributed by atoms with Crippen LogP contribution >= 0.6 is 0 Å². The maximum Gasteiger partial charge on any atom is 0.197 e. The second-order valence-electron chi connectivity index (χ2n) is 6.59. The van der Waals surface area contributed by atoms with E-state index in [1.807, 2.05) is 72.3 Å². The van der Waals surface area contributed by atoms with E-state index >= 15 is 0 Å². The Hall–Kier alpha value is -3.20. The van der Waals surface area contributed by atoms with Gasteiger partial charge in [-0.05, 0) is 41.8 Å². The molecular weight excluding hydrogens is 310 g/mol. The number of ketones is 1. The Morgan fingerprint density at radius 3 is 2.40 bits per heavy atom. The van der Waals surface area contributed by atoms with E-state index in [1.54, 1.807) is 0 Å². The van der Waals surface area contributed by atoms with Gasteiger partial charge in [0.05, 0.1) is 11.0 Å². The summed E-state index contributed by atoms with van der Waals surface area (Å²) in [5.74, 6) is 0.0411. The summed E-state index contributed by atoms with van der Waals surface area (Å²) in [5.41, 5.74) is 5.13. The zero-order chi connectivity index (χ0) is 17.1. The van der Waals surface area contributed by atoms with Gasteiger partial charge in [0.25, 0.3) is 0 Å². The molecule has 0 atom stereocenters. The number of aromatic nitrogens is 1. The van der Waals surface area contributed by atoms with Gasteiger partial charge in [0.15, 0.2) is 11.2 Å². The first-order valence-electron chi connectivity index (χ1n) is 8.32. The number of aryl methyl sites for hydroxylation is 1. The van der Waals surface area contributed by atoms with E-state index in [-0.39, 0.29) is 11.2 Å². The Morgan fingerprint density at radius 2 is 1.52 bits per heavy atom. The van der Waals surface area contributed by atoms with Crippen LogP contribution in [0.5, 0.6) is 0 Å². The van der Waals surface area contributed by atoms with Crippen LogP contribution in [0.2, 0.25) is 0 Å². The first kappa shape index (κ1) is 14.2. The van der Waals surface area contributed by atoms with Crippen LogP contribution in [0.15, 0.2) is 65.5 Å². The summed E-state index contributed by atoms with van der Waals surface area (Å²) < 4.78 is 2.00. The number of carbonyl (C=O) groups excluding carboxylic acids is 1. The third kappa shape index (κ3) is 1.86. The van der Waals surface area contributed by atoms with Crippen molar-refractivity contribution < 1.29 is 4.79 Å². The van der Waals surface area contributed by atoms with Gasteiger partial charge < -0.3 is 4.57 Å². The molecule has 0 fully saturated rings. The molecule has 1 aromatic heterocycles. The number of rotatable bonds is 0. The van der Waals surface area contributed by atoms with Crippen molar-refractivity contribution in [1.82, 2.24) is 4.57 Å². The molecule has 3 nitrogen and oxygen atoms in total. The summed E-state index contributed by atoms with van der Waals surface area (Å²) in [6.45, 7) is 0. The third-order valence-electron chi connectivity index (χ3n) is 5.23. The summed E-state index contributed by atoms with van der Waals surface area (Å²) in [6, 6.07) is 19.1. The van der Waals surface area contributed by atoms with Crippen LogP contribution in [-0.4, -0.2) is 10.4 Å². The lowest BCUT2D eigenvalue weighted by Crippen LogP contribution is -2.17. The summed E-state index contributed by atoms with van der Waals surface area (Å²) in [6.07, 6.45) is 0.684. The Morgan fingerprint density at radius 1 is 0.760 bits per heavy atom. The molecule has 1 heterocycles. The smallest absolute Gasteiger partial charge is 0.197 e. The van der Waals surface area contributed by atoms with E-state index < -0.39 is 0 Å². The average molecular weight is 325 g/mol. The third-order valence-corrected chi connectivity index (χ3v) is 5.23. The van der Waals surface area contributed by atoms with Crippen LogP contribution in [-0.2, 0) is 13.5 Å². The highest BCUT2D eigenvalue weighted by molar-refractivity contribution is 6.14. The molecule has 120 valence electrons. The normalized spacial score (nSPS) is 13.1. The Balaban J connectivity index is 1.90. The van der Waals surface area contributed by atoms with Crippen molar-refractivity contribution in [3.63, 3.8) is 0 Å². The van der Waals surface area contributed by atoms with E-state index in [0.717, 1.165) is 27.7 Å². The highest BCUT2D eigenvalue weighted by Gasteiger charge is 2.24. The molecule has 25 heavy (non-hydrogen) atoms. The predicted molar refractivity (Wildman–Crippen MR) is 99.4 cm³/mol. The molecule has 0 aliphatic heterocycles. The van der Waals surface area contributed by atoms with Gasteiger partial charge in [0, 0.05) is 28.9 Å². The van der Waals surface area contributed by atoms with Crippen LogP contribution in [0.25, 0.3) is 21.8 Å². The van der Waals surface area contributed by atoms with Crippen LogP contribution in [0.4, 0.5) is 0 Å². The van der Waals surface area contributed by atoms with Crippen LogP contribution < -0.4 is 5.43 Å². The minimum absolute atomic E-state index is 0.0257. The average Bonchev–Trinajstić information content (AvgIpc) is 2.65. The molecule has 0 unspecified atom stereocenters. The molecule has 0 spiro atoms. The molecule has 1 aliphatic rings. The Bertz CT molecular complexity index is 1260. The lowest BCUT2D eigenvalue weighted by molar-refractivity contribution is 0.103. The maximum atomic E-state index is 13.0. The van der Waals surface area contributed by atoms with Crippen molar-refractivity contribution in [2.24, 2.45) is 7.05 Å². The summed E-state index contributed by atoms with van der Waals surface area (Å²) in [4.78, 5) is 25.9. The second kappa shape index (κ2) is 4.90. The first-order chi connectivity index (χ1) is 12.1. The number of nitrogens with zero attached hydrogens (tertiary/aromatic N) is 1. The fraction of sp³-hybridized carbons (Fsp3) is 0.0909. The standard InChI is InChI=1S/C22H15NO2/c1-23-19-9-5-4-8-16(19)22(25)18-11-14-10-13-6-2-3-7-15(13)21(24)17(14)12-20(18)23/h2-9,11-12H,10H2,1H3. The Labute approximate surface area is 144 Å². The first-order valence-corrected chi connectivity index (χ1v) is 8.32. The van der Waals surface area contributed by atoms with Gasteiger partial charge in [-0.15, -0.1) is 0 Å². The number of pyridine rings is 1. The number of para-hydroxylation sites is 1. The molecule has 0 saturated heterocycles. The number of benzene rings is 3. The predicted octanol–water partition coefficient (Wildman–Crippen LogP) is 3.83. The lowest BCUT2D eigenvalue weighted by atomic mass is 9.84. The van der Waals surface area contributed by atoms with Gasteiger partial charge in [-0.3, -0.25) is 9.59 Å². The molecule has 4 aromatic rings. The van der Waals surface area contributed by atoms with E-state index in [0.29, 0.717) is 22.8 Å². The summed E-state index contributed by atoms with van der Waals surface area (Å²) in [7, 11) is 1.94. The van der Waals surface area contributed by atoms with Gasteiger partial charge in [-0.25, -0.2) is 0 Å². The zero-order valence-electron chi connectivity index (χ0n) is 13.7. The maximum absolute atomic E-state index is 13.0. The minimum atomic E-state index is 0.0257. The molecule has 0 bridgehead atoms. The highest BCUT2D eigenvalue weighted by atomic mass is 16.1. The molecular formula is C22H15NO2. The van der Waals surface area contributed by atoms with E-state index in [2.05, 4.69) is 0 Å². The van der Waals surface area contributed by atoms with E-state index in [1.165, 1.54) is 0 Å². The molecule has 5 rings (SSSR count). The number of hydrogen-bond donors (Lipinski definition) is 0. The van der Waals surface area contributed by atoms with Crippen LogP contribution in [0.3, 0.4) is 0 Å². The van der Waals surface area contributed by atoms with E-state index in [4.69, 9.17) is 0 Å². The fourth-order valence-corrected chi connectivity index (χ4v) is 3.93. The van der Waals surface area contributed by atoms with Crippen molar-refractivity contribution in [2.45, 2.75) is 6.42 Å². The SMILES string of the molecule is Cn1c2ccccc2c(=O)c2cc3c(cc21)C(=O)c1ccccc1C3. The quantitative estimate of drug-likeness (QED) is 0.406. The van der Waals surface area contributed by atoms with Gasteiger partial charge in [0.1, 0.15) is 0 Å². The van der Waals surface area contributed by atoms with Crippen molar-refractivity contribution in [1.29, 1.82) is 0 Å². The minimum Gasteiger partial charge on any atom is -0.343 e. The van der Waals surface area contributed by atoms with E-state index in [9.17, 15) is 9.59 Å². The molecule has 0 amide bonds. The lowest BCUT2D eigenvalue weighted by Gasteiger charge is -2.20. The van der Waals surface area contributed by atoms with Crippen LogP contribution in [0.1, 0.15) is 27.0 Å². The highest BCUT2D eigenvalue weighted by Crippen LogP contribution is 2.30. The molecule has 3 heteroatoms. The van der Waals surface area contributed by atoms with Crippen molar-refractivity contribution in [2.75, 3.05) is 0 Å². The zero-order valence-corrected chi connectivity index (χ0v) is 13.7. The van der Waals surface area contributed by atoms with Gasteiger partial charge in [-0.2, -0.15) is 0 Å². The second-order valence-corrected chi connectivity index (χ2v) is 6.59. The monoisotopic (exact) mass is 325 g/mol. The molecule has 0 N–H and O–H groups in total. The number of hydrogen-bond acceptors (Lipinski definition) is 2. The van der Waals surface area contributed by atoms with Gasteiger partial charge in [0.2, 0.25) is 0 Å². The number of fused-ring (bicyclic) bond motifs is 4. The van der Waals surface area contributed by atoms with Gasteiger partial charge in [-0.1, -0.05) is 36.4 Å². The Kier molecular flexibility index (Phi) is 2.78. The summed E-state index contributed by atoms with van der Waals surface area (Å²) in [5, 5.41) is 1.38. The fourth-order valence-electron chi connectivity index (χ4n) is 3.93. The van der Waals surface area contributed by atoms with Crippen molar-refractivity contribution >= 4 is 27.6 Å². The van der Waals surface area contributed by atoms with Crippen LogP contribution in [0, 0.1) is 0 Å².